The smallest absolute Gasteiger partial charge is 0.262 e. The maximum Gasteiger partial charge on any atom is 0.341 e. The molecule has 0 aromatic carbocycles. The van der Waals surface area contributed by atoms with E-state index in [0.717, 1.165) is 5.82 Å². The summed E-state index contributed by atoms with van der Waals surface area (Å²) in [6.45, 7) is 4.16. The number of aryl methyl sites for hydroxylation is 1. The Bertz CT molecular complexity index is 193. The summed E-state index contributed by atoms with van der Waals surface area (Å²) in [5.74, 6) is 1.42. The van der Waals surface area contributed by atoms with E-state index >= 15 is 0 Å². The zero-order valence-electron chi connectivity index (χ0n) is 5.96. The molecule has 0 bridgehead atoms. The molecule has 0 saturated carbocycles. The molecule has 1 heterocycles. The molecule has 0 atom stereocenters. The van der Waals surface area contributed by atoms with E-state index in [-0.39, 0.29) is 0 Å². The van der Waals surface area contributed by atoms with Crippen LogP contribution < -0.4 is 4.74 Å². The standard InChI is InChI=1S/C6H11N2O/c1-5(2)6-7-4-9-8(6)3/h4-5H,1-3H3/q+1. The number of aromatic nitrogens is 2. The van der Waals surface area contributed by atoms with Gasteiger partial charge in [0.1, 0.15) is 7.05 Å². The van der Waals surface area contributed by atoms with Gasteiger partial charge in [0.2, 0.25) is 0 Å². The molecule has 0 aliphatic heterocycles. The molecule has 9 heavy (non-hydrogen) atoms. The van der Waals surface area contributed by atoms with Gasteiger partial charge in [0.15, 0.2) is 0 Å². The summed E-state index contributed by atoms with van der Waals surface area (Å²) in [5.41, 5.74) is 0. The third kappa shape index (κ3) is 1.09. The summed E-state index contributed by atoms with van der Waals surface area (Å²) >= 11 is 0. The van der Waals surface area contributed by atoms with Gasteiger partial charge in [-0.1, -0.05) is 18.6 Å². The first kappa shape index (κ1) is 6.26. The maximum atomic E-state index is 4.93. The second-order valence-corrected chi connectivity index (χ2v) is 2.35. The molecule has 1 rings (SSSR count). The molecule has 0 N–H and O–H groups in total. The first-order chi connectivity index (χ1) is 4.22. The molecule has 0 radical (unpaired) electrons. The number of rotatable bonds is 1. The maximum absolute atomic E-state index is 4.93. The van der Waals surface area contributed by atoms with E-state index in [1.165, 1.54) is 6.39 Å². The molecular formula is C6H11N2O+. The van der Waals surface area contributed by atoms with Crippen molar-refractivity contribution in [2.45, 2.75) is 19.8 Å². The van der Waals surface area contributed by atoms with Crippen molar-refractivity contribution < 1.29 is 9.26 Å². The van der Waals surface area contributed by atoms with Crippen molar-refractivity contribution in [1.82, 2.24) is 4.98 Å². The highest BCUT2D eigenvalue weighted by Gasteiger charge is 2.15. The highest BCUT2D eigenvalue weighted by molar-refractivity contribution is 4.78. The fourth-order valence-electron chi connectivity index (χ4n) is 0.796. The summed E-state index contributed by atoms with van der Waals surface area (Å²) in [6, 6.07) is 0. The van der Waals surface area contributed by atoms with Crippen molar-refractivity contribution in [1.29, 1.82) is 0 Å². The Morgan fingerprint density at radius 3 is 2.56 bits per heavy atom. The monoisotopic (exact) mass is 127 g/mol. The quantitative estimate of drug-likeness (QED) is 0.518. The van der Waals surface area contributed by atoms with Gasteiger partial charge in [-0.25, -0.2) is 0 Å². The third-order valence-electron chi connectivity index (χ3n) is 1.23. The van der Waals surface area contributed by atoms with E-state index in [1.54, 1.807) is 4.74 Å². The molecule has 0 amide bonds. The van der Waals surface area contributed by atoms with Gasteiger partial charge in [-0.05, 0) is 4.98 Å². The molecule has 1 aromatic heterocycles. The fraction of sp³-hybridized carbons (Fsp3) is 0.667. The van der Waals surface area contributed by atoms with Crippen molar-refractivity contribution in [3.8, 4) is 0 Å². The predicted octanol–water partition coefficient (Wildman–Crippen LogP) is 0.623. The average molecular weight is 127 g/mol. The molecule has 0 aliphatic carbocycles. The zero-order valence-corrected chi connectivity index (χ0v) is 5.96. The lowest BCUT2D eigenvalue weighted by Crippen LogP contribution is -2.30. The van der Waals surface area contributed by atoms with Crippen LogP contribution in [0.25, 0.3) is 0 Å². The second-order valence-electron chi connectivity index (χ2n) is 2.35. The van der Waals surface area contributed by atoms with Crippen molar-refractivity contribution in [3.05, 3.63) is 12.2 Å². The van der Waals surface area contributed by atoms with Gasteiger partial charge in [-0.15, -0.1) is 0 Å². The van der Waals surface area contributed by atoms with Gasteiger partial charge in [-0.2, -0.15) is 0 Å². The number of hydrogen-bond donors (Lipinski definition) is 0. The van der Waals surface area contributed by atoms with Crippen LogP contribution in [0.1, 0.15) is 25.6 Å². The average Bonchev–Trinajstić information content (AvgIpc) is 2.13. The van der Waals surface area contributed by atoms with Crippen LogP contribution in [0.3, 0.4) is 0 Å². The molecule has 1 aromatic rings. The Morgan fingerprint density at radius 1 is 1.67 bits per heavy atom. The third-order valence-corrected chi connectivity index (χ3v) is 1.23. The topological polar surface area (TPSA) is 29.9 Å². The zero-order chi connectivity index (χ0) is 6.85. The van der Waals surface area contributed by atoms with Crippen LogP contribution in [0.5, 0.6) is 0 Å². The minimum atomic E-state index is 0.439. The summed E-state index contributed by atoms with van der Waals surface area (Å²) < 4.78 is 6.60. The van der Waals surface area contributed by atoms with Crippen LogP contribution in [0.15, 0.2) is 10.9 Å². The highest BCUT2D eigenvalue weighted by atomic mass is 16.5. The number of nitrogens with zero attached hydrogens (tertiary/aromatic N) is 2. The molecule has 0 saturated heterocycles. The van der Waals surface area contributed by atoms with Crippen LogP contribution in [0.4, 0.5) is 0 Å². The Hall–Kier alpha value is -0.860. The summed E-state index contributed by atoms with van der Waals surface area (Å²) in [4.78, 5) is 4.01. The molecule has 3 heteroatoms. The molecule has 50 valence electrons. The Morgan fingerprint density at radius 2 is 2.33 bits per heavy atom. The van der Waals surface area contributed by atoms with Gasteiger partial charge < -0.3 is 0 Å². The molecule has 0 unspecified atom stereocenters. The minimum Gasteiger partial charge on any atom is -0.262 e. The van der Waals surface area contributed by atoms with Crippen molar-refractivity contribution in [3.63, 3.8) is 0 Å². The lowest BCUT2D eigenvalue weighted by atomic mass is 10.2. The van der Waals surface area contributed by atoms with Crippen LogP contribution in [-0.2, 0) is 7.05 Å². The minimum absolute atomic E-state index is 0.439. The Kier molecular flexibility index (Phi) is 1.51. The highest BCUT2D eigenvalue weighted by Crippen LogP contribution is 2.03. The lowest BCUT2D eigenvalue weighted by Gasteiger charge is -1.89. The van der Waals surface area contributed by atoms with Crippen molar-refractivity contribution in [2.24, 2.45) is 7.05 Å². The SMILES string of the molecule is CC(C)c1nco[n+]1C. The van der Waals surface area contributed by atoms with Gasteiger partial charge in [0.05, 0.1) is 5.92 Å². The van der Waals surface area contributed by atoms with Crippen LogP contribution in [0, 0.1) is 0 Å². The molecule has 0 spiro atoms. The van der Waals surface area contributed by atoms with Gasteiger partial charge in [0, 0.05) is 0 Å². The van der Waals surface area contributed by atoms with E-state index in [2.05, 4.69) is 18.8 Å². The first-order valence-corrected chi connectivity index (χ1v) is 3.01. The molecular weight excluding hydrogens is 116 g/mol. The number of hydrogen-bond acceptors (Lipinski definition) is 2. The van der Waals surface area contributed by atoms with Gasteiger partial charge >= 0.3 is 12.2 Å². The normalized spacial score (nSPS) is 10.7. The van der Waals surface area contributed by atoms with E-state index in [4.69, 9.17) is 4.52 Å². The first-order valence-electron chi connectivity index (χ1n) is 3.01. The largest absolute Gasteiger partial charge is 0.341 e. The Labute approximate surface area is 54.3 Å². The Balaban J connectivity index is 2.94. The molecule has 0 fully saturated rings. The van der Waals surface area contributed by atoms with Crippen LogP contribution in [-0.4, -0.2) is 4.98 Å². The van der Waals surface area contributed by atoms with E-state index in [9.17, 15) is 0 Å². The fourth-order valence-corrected chi connectivity index (χ4v) is 0.796. The summed E-state index contributed by atoms with van der Waals surface area (Å²) in [6.07, 6.45) is 1.45. The van der Waals surface area contributed by atoms with Crippen molar-refractivity contribution >= 4 is 0 Å². The summed E-state index contributed by atoms with van der Waals surface area (Å²) in [5, 5.41) is 0. The van der Waals surface area contributed by atoms with E-state index in [1.807, 2.05) is 7.05 Å². The summed E-state index contributed by atoms with van der Waals surface area (Å²) in [7, 11) is 1.85. The van der Waals surface area contributed by atoms with Crippen LogP contribution in [0.2, 0.25) is 0 Å². The van der Waals surface area contributed by atoms with Crippen LogP contribution >= 0.6 is 0 Å². The molecule has 3 nitrogen and oxygen atoms in total. The van der Waals surface area contributed by atoms with E-state index in [0.29, 0.717) is 5.92 Å². The van der Waals surface area contributed by atoms with Gasteiger partial charge in [0.25, 0.3) is 0 Å². The van der Waals surface area contributed by atoms with Crippen molar-refractivity contribution in [2.75, 3.05) is 0 Å². The van der Waals surface area contributed by atoms with E-state index < -0.39 is 0 Å². The van der Waals surface area contributed by atoms with Gasteiger partial charge in [-0.3, -0.25) is 4.52 Å². The lowest BCUT2D eigenvalue weighted by molar-refractivity contribution is -0.851. The molecule has 0 aliphatic rings. The second kappa shape index (κ2) is 2.17. The predicted molar refractivity (Wildman–Crippen MR) is 31.8 cm³/mol.